The maximum atomic E-state index is 6.96. The molecule has 0 radical (unpaired) electrons. The van der Waals surface area contributed by atoms with Crippen molar-refractivity contribution in [1.29, 1.82) is 0 Å². The lowest BCUT2D eigenvalue weighted by atomic mass is 9.97. The van der Waals surface area contributed by atoms with E-state index in [0.29, 0.717) is 0 Å². The molecule has 0 spiro atoms. The molecular weight excluding hydrogens is 811 g/mol. The van der Waals surface area contributed by atoms with Gasteiger partial charge in [-0.1, -0.05) is 121 Å². The van der Waals surface area contributed by atoms with Gasteiger partial charge in [-0.05, 0) is 132 Å². The molecule has 2 heterocycles. The van der Waals surface area contributed by atoms with Crippen molar-refractivity contribution < 1.29 is 4.42 Å². The van der Waals surface area contributed by atoms with Crippen molar-refractivity contribution in [3.05, 3.63) is 249 Å². The van der Waals surface area contributed by atoms with Crippen LogP contribution in [0.1, 0.15) is 0 Å². The molecule has 10 aromatic carbocycles. The second-order valence-corrected chi connectivity index (χ2v) is 17.2. The zero-order valence-electron chi connectivity index (χ0n) is 35.3. The van der Waals surface area contributed by atoms with E-state index in [1.807, 2.05) is 11.3 Å². The molecule has 65 heavy (non-hydrogen) atoms. The Morgan fingerprint density at radius 1 is 0.277 bits per heavy atom. The summed E-state index contributed by atoms with van der Waals surface area (Å²) in [5, 5.41) is 4.63. The van der Waals surface area contributed by atoms with Gasteiger partial charge in [-0.3, -0.25) is 0 Å². The number of hydrogen-bond acceptors (Lipinski definition) is 5. The van der Waals surface area contributed by atoms with Crippen LogP contribution in [0.2, 0.25) is 0 Å². The van der Waals surface area contributed by atoms with Crippen molar-refractivity contribution in [2.45, 2.75) is 0 Å². The molecule has 0 atom stereocenters. The Morgan fingerprint density at radius 2 is 0.692 bits per heavy atom. The Bertz CT molecular complexity index is 3510. The van der Waals surface area contributed by atoms with Crippen LogP contribution < -0.4 is 14.7 Å². The molecule has 0 unspecified atom stereocenters. The number of rotatable bonds is 10. The van der Waals surface area contributed by atoms with Crippen LogP contribution in [0.15, 0.2) is 253 Å². The molecule has 5 heteroatoms. The van der Waals surface area contributed by atoms with Gasteiger partial charge >= 0.3 is 0 Å². The van der Waals surface area contributed by atoms with E-state index >= 15 is 0 Å². The van der Waals surface area contributed by atoms with Crippen molar-refractivity contribution in [2.24, 2.45) is 0 Å². The summed E-state index contributed by atoms with van der Waals surface area (Å²) in [5.74, 6) is 0. The highest BCUT2D eigenvalue weighted by Gasteiger charge is 2.23. The van der Waals surface area contributed by atoms with Gasteiger partial charge in [0.05, 0.1) is 5.69 Å². The van der Waals surface area contributed by atoms with E-state index in [4.69, 9.17) is 4.42 Å². The molecule has 0 N–H and O–H groups in total. The van der Waals surface area contributed by atoms with E-state index in [1.54, 1.807) is 0 Å². The minimum absolute atomic E-state index is 0.817. The molecule has 0 aliphatic heterocycles. The standard InChI is InChI=1S/C60H41N3OS/c1-6-18-43(19-7-1)61(44-20-8-2-9-21-44)48-32-30-42(31-33-48)53-40-51(63(47-26-14-5-15-27-47)50-35-37-59-54(38-50)52-28-16-17-29-58(52)65-59)41-57-60(53)55-39-49(34-36-56(55)64-57)62(45-22-10-3-11-23-45)46-24-12-4-13-25-46/h1-41H. The molecule has 0 amide bonds. The molecule has 4 nitrogen and oxygen atoms in total. The first-order chi connectivity index (χ1) is 32.2. The molecule has 0 fully saturated rings. The largest absolute Gasteiger partial charge is 0.456 e. The smallest absolute Gasteiger partial charge is 0.138 e. The van der Waals surface area contributed by atoms with Crippen molar-refractivity contribution in [3.63, 3.8) is 0 Å². The molecule has 0 bridgehead atoms. The highest BCUT2D eigenvalue weighted by Crippen LogP contribution is 2.47. The number of fused-ring (bicyclic) bond motifs is 6. The summed E-state index contributed by atoms with van der Waals surface area (Å²) in [6, 6.07) is 88.6. The van der Waals surface area contributed by atoms with Gasteiger partial charge in [0.15, 0.2) is 0 Å². The van der Waals surface area contributed by atoms with Crippen LogP contribution in [0.5, 0.6) is 0 Å². The number of thiophene rings is 1. The Morgan fingerprint density at radius 3 is 1.25 bits per heavy atom. The van der Waals surface area contributed by atoms with Gasteiger partial charge in [0, 0.05) is 82.5 Å². The fourth-order valence-electron chi connectivity index (χ4n) is 9.25. The van der Waals surface area contributed by atoms with E-state index < -0.39 is 0 Å². The number of para-hydroxylation sites is 5. The fraction of sp³-hybridized carbons (Fsp3) is 0. The SMILES string of the molecule is c1ccc(N(c2ccccc2)c2ccc(-c3cc(N(c4ccccc4)c4ccc5sc6ccccc6c5c4)cc4oc5ccc(N(c6ccccc6)c6ccccc6)cc5c34)cc2)cc1. The molecule has 12 rings (SSSR count). The normalized spacial score (nSPS) is 11.4. The number of benzene rings is 10. The third kappa shape index (κ3) is 7.05. The topological polar surface area (TPSA) is 22.9 Å². The lowest BCUT2D eigenvalue weighted by molar-refractivity contribution is 0.669. The second kappa shape index (κ2) is 16.4. The molecule has 2 aromatic heterocycles. The van der Waals surface area contributed by atoms with E-state index in [1.165, 1.54) is 20.2 Å². The predicted octanol–water partition coefficient (Wildman–Crippen LogP) is 18.0. The molecule has 0 aliphatic rings. The van der Waals surface area contributed by atoms with Crippen LogP contribution in [0.25, 0.3) is 53.2 Å². The maximum Gasteiger partial charge on any atom is 0.138 e. The van der Waals surface area contributed by atoms with Gasteiger partial charge in [0.25, 0.3) is 0 Å². The summed E-state index contributed by atoms with van der Waals surface area (Å²) in [6.45, 7) is 0. The van der Waals surface area contributed by atoms with Gasteiger partial charge in [-0.2, -0.15) is 0 Å². The van der Waals surface area contributed by atoms with Crippen LogP contribution in [0.4, 0.5) is 51.2 Å². The van der Waals surface area contributed by atoms with E-state index in [2.05, 4.69) is 263 Å². The van der Waals surface area contributed by atoms with Crippen LogP contribution in [0.3, 0.4) is 0 Å². The second-order valence-electron chi connectivity index (χ2n) is 16.2. The minimum atomic E-state index is 0.817. The lowest BCUT2D eigenvalue weighted by Crippen LogP contribution is -2.10. The summed E-state index contributed by atoms with van der Waals surface area (Å²) < 4.78 is 9.52. The van der Waals surface area contributed by atoms with Crippen LogP contribution in [-0.4, -0.2) is 0 Å². The first kappa shape index (κ1) is 38.3. The van der Waals surface area contributed by atoms with E-state index in [0.717, 1.165) is 84.3 Å². The van der Waals surface area contributed by atoms with E-state index in [-0.39, 0.29) is 0 Å². The van der Waals surface area contributed by atoms with Gasteiger partial charge < -0.3 is 19.1 Å². The van der Waals surface area contributed by atoms with Gasteiger partial charge in [-0.25, -0.2) is 0 Å². The molecule has 308 valence electrons. The summed E-state index contributed by atoms with van der Waals surface area (Å²) in [6.07, 6.45) is 0. The Hall–Kier alpha value is -8.38. The fourth-order valence-corrected chi connectivity index (χ4v) is 10.3. The quantitative estimate of drug-likeness (QED) is 0.137. The van der Waals surface area contributed by atoms with Crippen LogP contribution in [-0.2, 0) is 0 Å². The van der Waals surface area contributed by atoms with Gasteiger partial charge in [0.2, 0.25) is 0 Å². The molecule has 12 aromatic rings. The van der Waals surface area contributed by atoms with Gasteiger partial charge in [0.1, 0.15) is 11.2 Å². The van der Waals surface area contributed by atoms with Crippen molar-refractivity contribution >= 4 is 105 Å². The van der Waals surface area contributed by atoms with Gasteiger partial charge in [-0.15, -0.1) is 11.3 Å². The summed E-state index contributed by atoms with van der Waals surface area (Å²) in [5.41, 5.74) is 13.4. The minimum Gasteiger partial charge on any atom is -0.456 e. The number of nitrogens with zero attached hydrogens (tertiary/aromatic N) is 3. The number of hydrogen-bond donors (Lipinski definition) is 0. The third-order valence-electron chi connectivity index (χ3n) is 12.2. The molecule has 0 aliphatic carbocycles. The predicted molar refractivity (Wildman–Crippen MR) is 276 cm³/mol. The number of furan rings is 1. The Kier molecular flexibility index (Phi) is 9.66. The number of anilines is 9. The Balaban J connectivity index is 1.08. The summed E-state index contributed by atoms with van der Waals surface area (Å²) in [4.78, 5) is 6.98. The zero-order valence-corrected chi connectivity index (χ0v) is 36.1. The Labute approximate surface area is 381 Å². The average molecular weight is 852 g/mol. The van der Waals surface area contributed by atoms with Crippen molar-refractivity contribution in [2.75, 3.05) is 14.7 Å². The summed E-state index contributed by atoms with van der Waals surface area (Å²) in [7, 11) is 0. The monoisotopic (exact) mass is 851 g/mol. The molecule has 0 saturated heterocycles. The van der Waals surface area contributed by atoms with Crippen molar-refractivity contribution in [3.8, 4) is 11.1 Å². The zero-order chi connectivity index (χ0) is 43.1. The first-order valence-electron chi connectivity index (χ1n) is 21.9. The molecule has 0 saturated carbocycles. The first-order valence-corrected chi connectivity index (χ1v) is 22.7. The highest BCUT2D eigenvalue weighted by molar-refractivity contribution is 7.25. The third-order valence-corrected chi connectivity index (χ3v) is 13.3. The average Bonchev–Trinajstić information content (AvgIpc) is 3.94. The van der Waals surface area contributed by atoms with Crippen molar-refractivity contribution in [1.82, 2.24) is 0 Å². The van der Waals surface area contributed by atoms with Crippen LogP contribution >= 0.6 is 11.3 Å². The van der Waals surface area contributed by atoms with E-state index in [9.17, 15) is 0 Å². The molecular formula is C60H41N3OS. The van der Waals surface area contributed by atoms with Crippen LogP contribution in [0, 0.1) is 0 Å². The highest BCUT2D eigenvalue weighted by atomic mass is 32.1. The maximum absolute atomic E-state index is 6.96. The lowest BCUT2D eigenvalue weighted by Gasteiger charge is -2.27. The summed E-state index contributed by atoms with van der Waals surface area (Å²) >= 11 is 1.84.